The molecule has 0 radical (unpaired) electrons. The molecule has 0 saturated heterocycles. The van der Waals surface area contributed by atoms with Gasteiger partial charge in [-0.25, -0.2) is 4.98 Å². The van der Waals surface area contributed by atoms with Crippen LogP contribution >= 0.6 is 15.9 Å². The van der Waals surface area contributed by atoms with Gasteiger partial charge in [-0.2, -0.15) is 0 Å². The van der Waals surface area contributed by atoms with Gasteiger partial charge >= 0.3 is 0 Å². The first-order chi connectivity index (χ1) is 9.65. The largest absolute Gasteiger partial charge is 0.484 e. The van der Waals surface area contributed by atoms with Crippen molar-refractivity contribution in [3.05, 3.63) is 52.8 Å². The van der Waals surface area contributed by atoms with Crippen LogP contribution in [0.4, 0.5) is 5.69 Å². The van der Waals surface area contributed by atoms with Gasteiger partial charge in [0.1, 0.15) is 18.2 Å². The number of fused-ring (bicyclic) bond motifs is 1. The highest BCUT2D eigenvalue weighted by Gasteiger charge is 2.09. The average molecular weight is 332 g/mol. The molecule has 0 aliphatic heterocycles. The molecule has 4 nitrogen and oxygen atoms in total. The van der Waals surface area contributed by atoms with E-state index in [0.717, 1.165) is 21.3 Å². The van der Waals surface area contributed by atoms with E-state index in [1.807, 2.05) is 54.1 Å². The Morgan fingerprint density at radius 3 is 2.85 bits per heavy atom. The van der Waals surface area contributed by atoms with Gasteiger partial charge in [0.15, 0.2) is 0 Å². The second-order valence-corrected chi connectivity index (χ2v) is 5.46. The van der Waals surface area contributed by atoms with Gasteiger partial charge in [0.05, 0.1) is 16.7 Å². The molecular formula is C15H14BrN3O. The molecule has 0 amide bonds. The zero-order valence-corrected chi connectivity index (χ0v) is 12.6. The predicted molar refractivity (Wildman–Crippen MR) is 83.6 cm³/mol. The number of ether oxygens (including phenoxy) is 1. The van der Waals surface area contributed by atoms with E-state index in [1.54, 1.807) is 0 Å². The van der Waals surface area contributed by atoms with Crippen LogP contribution in [0.25, 0.3) is 11.0 Å². The zero-order valence-electron chi connectivity index (χ0n) is 11.0. The van der Waals surface area contributed by atoms with Gasteiger partial charge in [-0.05, 0) is 30.3 Å². The molecule has 0 aliphatic carbocycles. The molecule has 0 atom stereocenters. The lowest BCUT2D eigenvalue weighted by Crippen LogP contribution is -2.04. The van der Waals surface area contributed by atoms with E-state index in [1.165, 1.54) is 0 Å². The Kier molecular flexibility index (Phi) is 3.36. The van der Waals surface area contributed by atoms with Gasteiger partial charge in [-0.15, -0.1) is 0 Å². The van der Waals surface area contributed by atoms with Crippen LogP contribution in [0.3, 0.4) is 0 Å². The minimum Gasteiger partial charge on any atom is -0.484 e. The van der Waals surface area contributed by atoms with Crippen molar-refractivity contribution in [3.63, 3.8) is 0 Å². The second kappa shape index (κ2) is 5.17. The zero-order chi connectivity index (χ0) is 14.1. The van der Waals surface area contributed by atoms with Crippen molar-refractivity contribution in [2.24, 2.45) is 7.05 Å². The maximum absolute atomic E-state index is 5.86. The number of anilines is 1. The molecule has 0 saturated carbocycles. The number of imidazole rings is 1. The minimum atomic E-state index is 0.386. The lowest BCUT2D eigenvalue weighted by atomic mass is 10.3. The number of hydrogen-bond donors (Lipinski definition) is 1. The highest BCUT2D eigenvalue weighted by molar-refractivity contribution is 9.10. The van der Waals surface area contributed by atoms with E-state index in [2.05, 4.69) is 20.9 Å². The molecule has 0 spiro atoms. The molecule has 0 bridgehead atoms. The van der Waals surface area contributed by atoms with Gasteiger partial charge < -0.3 is 15.0 Å². The molecule has 20 heavy (non-hydrogen) atoms. The Bertz CT molecular complexity index is 767. The van der Waals surface area contributed by atoms with Crippen molar-refractivity contribution >= 4 is 32.7 Å². The normalized spacial score (nSPS) is 10.9. The van der Waals surface area contributed by atoms with Crippen molar-refractivity contribution in [3.8, 4) is 5.75 Å². The van der Waals surface area contributed by atoms with Crippen LogP contribution in [0.5, 0.6) is 5.75 Å². The number of hydrogen-bond acceptors (Lipinski definition) is 3. The first-order valence-corrected chi connectivity index (χ1v) is 7.02. The smallest absolute Gasteiger partial charge is 0.147 e. The number of para-hydroxylation sites is 2. The van der Waals surface area contributed by atoms with Crippen molar-refractivity contribution < 1.29 is 4.74 Å². The second-order valence-electron chi connectivity index (χ2n) is 4.55. The summed E-state index contributed by atoms with van der Waals surface area (Å²) >= 11 is 3.45. The Hall–Kier alpha value is -2.01. The monoisotopic (exact) mass is 331 g/mol. The summed E-state index contributed by atoms with van der Waals surface area (Å²) in [6, 6.07) is 13.5. The van der Waals surface area contributed by atoms with E-state index < -0.39 is 0 Å². The highest BCUT2D eigenvalue weighted by atomic mass is 79.9. The number of nitrogens with zero attached hydrogens (tertiary/aromatic N) is 2. The molecule has 0 fully saturated rings. The summed E-state index contributed by atoms with van der Waals surface area (Å²) in [7, 11) is 1.98. The third kappa shape index (κ3) is 2.36. The minimum absolute atomic E-state index is 0.386. The molecule has 1 aromatic heterocycles. The van der Waals surface area contributed by atoms with Crippen LogP contribution in [-0.4, -0.2) is 9.55 Å². The maximum atomic E-state index is 5.86. The van der Waals surface area contributed by atoms with Gasteiger partial charge in [0.2, 0.25) is 0 Å². The fourth-order valence-electron chi connectivity index (χ4n) is 2.11. The summed E-state index contributed by atoms with van der Waals surface area (Å²) in [6.45, 7) is 0.386. The van der Waals surface area contributed by atoms with Crippen LogP contribution in [-0.2, 0) is 13.7 Å². The molecule has 0 aliphatic rings. The summed E-state index contributed by atoms with van der Waals surface area (Å²) in [4.78, 5) is 4.58. The van der Waals surface area contributed by atoms with Gasteiger partial charge in [-0.1, -0.05) is 28.1 Å². The quantitative estimate of drug-likeness (QED) is 0.747. The molecule has 3 rings (SSSR count). The van der Waals surface area contributed by atoms with Crippen LogP contribution in [0, 0.1) is 0 Å². The number of halogens is 1. The van der Waals surface area contributed by atoms with Crippen LogP contribution in [0.1, 0.15) is 5.82 Å². The van der Waals surface area contributed by atoms with E-state index in [-0.39, 0.29) is 0 Å². The van der Waals surface area contributed by atoms with Crippen molar-refractivity contribution in [1.82, 2.24) is 9.55 Å². The number of rotatable bonds is 3. The van der Waals surface area contributed by atoms with Gasteiger partial charge in [0, 0.05) is 11.5 Å². The SMILES string of the molecule is Cn1c(COc2ccccc2N)nc2cc(Br)ccc21. The third-order valence-corrected chi connectivity index (χ3v) is 3.70. The number of aromatic nitrogens is 2. The van der Waals surface area contributed by atoms with E-state index in [0.29, 0.717) is 18.0 Å². The fourth-order valence-corrected chi connectivity index (χ4v) is 2.46. The molecular weight excluding hydrogens is 318 g/mol. The number of nitrogens with two attached hydrogens (primary N) is 1. The summed E-state index contributed by atoms with van der Waals surface area (Å²) in [5.41, 5.74) is 8.52. The first kappa shape index (κ1) is 13.0. The lowest BCUT2D eigenvalue weighted by Gasteiger charge is -2.08. The summed E-state index contributed by atoms with van der Waals surface area (Å²) in [5, 5.41) is 0. The fraction of sp³-hybridized carbons (Fsp3) is 0.133. The lowest BCUT2D eigenvalue weighted by molar-refractivity contribution is 0.294. The van der Waals surface area contributed by atoms with E-state index in [4.69, 9.17) is 10.5 Å². The summed E-state index contributed by atoms with van der Waals surface area (Å²) in [5.74, 6) is 1.54. The van der Waals surface area contributed by atoms with Gasteiger partial charge in [0.25, 0.3) is 0 Å². The Balaban J connectivity index is 1.88. The van der Waals surface area contributed by atoms with E-state index in [9.17, 15) is 0 Å². The average Bonchev–Trinajstić information content (AvgIpc) is 2.74. The van der Waals surface area contributed by atoms with Gasteiger partial charge in [-0.3, -0.25) is 0 Å². The molecule has 2 N–H and O–H groups in total. The topological polar surface area (TPSA) is 53.1 Å². The number of benzene rings is 2. The molecule has 5 heteroatoms. The first-order valence-electron chi connectivity index (χ1n) is 6.23. The molecule has 1 heterocycles. The predicted octanol–water partition coefficient (Wildman–Crippen LogP) is 3.50. The highest BCUT2D eigenvalue weighted by Crippen LogP contribution is 2.23. The molecule has 102 valence electrons. The molecule has 0 unspecified atom stereocenters. The van der Waals surface area contributed by atoms with Crippen LogP contribution < -0.4 is 10.5 Å². The number of aryl methyl sites for hydroxylation is 1. The number of nitrogen functional groups attached to an aromatic ring is 1. The standard InChI is InChI=1S/C15H14BrN3O/c1-19-13-7-6-10(16)8-12(13)18-15(19)9-20-14-5-3-2-4-11(14)17/h2-8H,9,17H2,1H3. The Morgan fingerprint density at radius 1 is 1.25 bits per heavy atom. The van der Waals surface area contributed by atoms with E-state index >= 15 is 0 Å². The summed E-state index contributed by atoms with van der Waals surface area (Å²) < 4.78 is 8.79. The molecule has 2 aromatic carbocycles. The van der Waals surface area contributed by atoms with Crippen molar-refractivity contribution in [2.75, 3.05) is 5.73 Å². The Labute approximate surface area is 125 Å². The Morgan fingerprint density at radius 2 is 2.05 bits per heavy atom. The van der Waals surface area contributed by atoms with Crippen molar-refractivity contribution in [2.45, 2.75) is 6.61 Å². The van der Waals surface area contributed by atoms with Crippen LogP contribution in [0.15, 0.2) is 46.9 Å². The van der Waals surface area contributed by atoms with Crippen molar-refractivity contribution in [1.29, 1.82) is 0 Å². The summed E-state index contributed by atoms with van der Waals surface area (Å²) in [6.07, 6.45) is 0. The maximum Gasteiger partial charge on any atom is 0.147 e. The van der Waals surface area contributed by atoms with Crippen LogP contribution in [0.2, 0.25) is 0 Å². The molecule has 3 aromatic rings. The third-order valence-electron chi connectivity index (χ3n) is 3.21.